The Labute approximate surface area is 198 Å². The third-order valence-corrected chi connectivity index (χ3v) is 6.26. The van der Waals surface area contributed by atoms with Crippen molar-refractivity contribution in [2.45, 2.75) is 19.8 Å². The first kappa shape index (κ1) is 22.1. The number of hydrogen-bond donors (Lipinski definition) is 0. The average Bonchev–Trinajstić information content (AvgIpc) is 3.40. The summed E-state index contributed by atoms with van der Waals surface area (Å²) in [5.74, 6) is 3.42. The number of ether oxygens (including phenoxy) is 1. The van der Waals surface area contributed by atoms with Gasteiger partial charge in [-0.05, 0) is 62.2 Å². The highest BCUT2D eigenvalue weighted by Crippen LogP contribution is 2.25. The lowest BCUT2D eigenvalue weighted by Crippen LogP contribution is -2.49. The molecule has 3 heterocycles. The summed E-state index contributed by atoms with van der Waals surface area (Å²) in [6.07, 6.45) is 2.41. The van der Waals surface area contributed by atoms with Crippen LogP contribution >= 0.6 is 0 Å². The van der Waals surface area contributed by atoms with Gasteiger partial charge < -0.3 is 19.4 Å². The summed E-state index contributed by atoms with van der Waals surface area (Å²) in [5.41, 5.74) is 0.572. The van der Waals surface area contributed by atoms with Gasteiger partial charge in [0.25, 0.3) is 5.91 Å². The topological polar surface area (TPSA) is 61.8 Å². The molecule has 1 aromatic heterocycles. The molecular formula is C26H28FN5O2. The van der Waals surface area contributed by atoms with Gasteiger partial charge in [0.2, 0.25) is 0 Å². The first-order chi connectivity index (χ1) is 16.5. The van der Waals surface area contributed by atoms with Gasteiger partial charge in [0.1, 0.15) is 34.8 Å². The van der Waals surface area contributed by atoms with Crippen molar-refractivity contribution in [2.24, 2.45) is 0 Å². The summed E-state index contributed by atoms with van der Waals surface area (Å²) < 4.78 is 18.9. The van der Waals surface area contributed by atoms with Gasteiger partial charge in [-0.25, -0.2) is 14.4 Å². The molecule has 2 saturated heterocycles. The van der Waals surface area contributed by atoms with Gasteiger partial charge in [-0.15, -0.1) is 0 Å². The lowest BCUT2D eigenvalue weighted by Gasteiger charge is -2.36. The van der Waals surface area contributed by atoms with Gasteiger partial charge in [-0.3, -0.25) is 4.79 Å². The summed E-state index contributed by atoms with van der Waals surface area (Å²) in [7, 11) is 0. The highest BCUT2D eigenvalue weighted by molar-refractivity contribution is 5.94. The van der Waals surface area contributed by atoms with Crippen molar-refractivity contribution < 1.29 is 13.9 Å². The number of aromatic nitrogens is 2. The van der Waals surface area contributed by atoms with Crippen LogP contribution in [0.3, 0.4) is 0 Å². The van der Waals surface area contributed by atoms with Crippen LogP contribution in [-0.4, -0.2) is 60.0 Å². The van der Waals surface area contributed by atoms with E-state index in [9.17, 15) is 9.18 Å². The molecule has 0 atom stereocenters. The number of amides is 1. The highest BCUT2D eigenvalue weighted by Gasteiger charge is 2.24. The minimum Gasteiger partial charge on any atom is -0.457 e. The fourth-order valence-electron chi connectivity index (χ4n) is 4.46. The van der Waals surface area contributed by atoms with E-state index in [0.717, 1.165) is 30.5 Å². The van der Waals surface area contributed by atoms with Gasteiger partial charge in [0.15, 0.2) is 0 Å². The third kappa shape index (κ3) is 4.95. The molecule has 0 spiro atoms. The first-order valence-corrected chi connectivity index (χ1v) is 11.7. The molecule has 3 aromatic rings. The summed E-state index contributed by atoms with van der Waals surface area (Å²) in [4.78, 5) is 28.8. The number of piperazine rings is 1. The molecule has 0 radical (unpaired) electrons. The van der Waals surface area contributed by atoms with E-state index in [1.54, 1.807) is 36.4 Å². The average molecular weight is 462 g/mol. The molecule has 0 unspecified atom stereocenters. The molecule has 2 aromatic carbocycles. The number of carbonyl (C=O) groups is 1. The van der Waals surface area contributed by atoms with Crippen LogP contribution in [-0.2, 0) is 0 Å². The van der Waals surface area contributed by atoms with Crippen LogP contribution in [0.4, 0.5) is 16.0 Å². The Morgan fingerprint density at radius 1 is 0.824 bits per heavy atom. The van der Waals surface area contributed by atoms with Gasteiger partial charge in [-0.1, -0.05) is 6.07 Å². The van der Waals surface area contributed by atoms with Gasteiger partial charge >= 0.3 is 0 Å². The largest absolute Gasteiger partial charge is 0.457 e. The first-order valence-electron chi connectivity index (χ1n) is 11.7. The van der Waals surface area contributed by atoms with E-state index >= 15 is 0 Å². The number of benzene rings is 2. The normalized spacial score (nSPS) is 16.1. The monoisotopic (exact) mass is 461 g/mol. The predicted molar refractivity (Wildman–Crippen MR) is 129 cm³/mol. The molecule has 2 fully saturated rings. The standard InChI is InChI=1S/C26H28FN5O2/c1-19-28-24(30-11-2-3-12-30)18-25(29-19)31-13-15-32(16-14-31)26(33)20-5-4-6-23(17-20)34-22-9-7-21(27)8-10-22/h4-10,17-18H,2-3,11-16H2,1H3. The molecule has 7 nitrogen and oxygen atoms in total. The zero-order valence-electron chi connectivity index (χ0n) is 19.3. The number of nitrogens with zero attached hydrogens (tertiary/aromatic N) is 5. The third-order valence-electron chi connectivity index (χ3n) is 6.26. The number of halogens is 1. The molecule has 0 aliphatic carbocycles. The molecule has 0 bridgehead atoms. The second-order valence-corrected chi connectivity index (χ2v) is 8.69. The van der Waals surface area contributed by atoms with Crippen LogP contribution in [0.2, 0.25) is 0 Å². The van der Waals surface area contributed by atoms with E-state index in [0.29, 0.717) is 43.2 Å². The van der Waals surface area contributed by atoms with Crippen LogP contribution in [0, 0.1) is 12.7 Å². The smallest absolute Gasteiger partial charge is 0.254 e. The Morgan fingerprint density at radius 2 is 1.47 bits per heavy atom. The molecule has 8 heteroatoms. The Morgan fingerprint density at radius 3 is 2.15 bits per heavy atom. The Hall–Kier alpha value is -3.68. The van der Waals surface area contributed by atoms with Gasteiger partial charge in [-0.2, -0.15) is 0 Å². The van der Waals surface area contributed by atoms with Crippen LogP contribution in [0.1, 0.15) is 29.0 Å². The van der Waals surface area contributed by atoms with Crippen LogP contribution in [0.5, 0.6) is 11.5 Å². The van der Waals surface area contributed by atoms with Gasteiger partial charge in [0.05, 0.1) is 0 Å². The maximum atomic E-state index is 13.1. The van der Waals surface area contributed by atoms with Crippen LogP contribution in [0.25, 0.3) is 0 Å². The lowest BCUT2D eigenvalue weighted by atomic mass is 10.1. The maximum absolute atomic E-state index is 13.1. The van der Waals surface area contributed by atoms with E-state index in [1.807, 2.05) is 11.8 Å². The zero-order chi connectivity index (χ0) is 23.5. The minimum atomic E-state index is -0.320. The molecule has 34 heavy (non-hydrogen) atoms. The molecule has 0 N–H and O–H groups in total. The van der Waals surface area contributed by atoms with E-state index in [-0.39, 0.29) is 11.7 Å². The highest BCUT2D eigenvalue weighted by atomic mass is 19.1. The molecule has 2 aliphatic rings. The van der Waals surface area contributed by atoms with Crippen LogP contribution < -0.4 is 14.5 Å². The second-order valence-electron chi connectivity index (χ2n) is 8.69. The Bertz CT molecular complexity index is 1160. The molecule has 2 aliphatic heterocycles. The van der Waals surface area contributed by atoms with Crippen molar-refractivity contribution in [3.8, 4) is 11.5 Å². The fourth-order valence-corrected chi connectivity index (χ4v) is 4.46. The van der Waals surface area contributed by atoms with Crippen molar-refractivity contribution in [3.63, 3.8) is 0 Å². The van der Waals surface area contributed by atoms with Crippen LogP contribution in [0.15, 0.2) is 54.6 Å². The number of aryl methyl sites for hydroxylation is 1. The Balaban J connectivity index is 1.23. The molecule has 5 rings (SSSR count). The molecule has 176 valence electrons. The summed E-state index contributed by atoms with van der Waals surface area (Å²) >= 11 is 0. The van der Waals surface area contributed by atoms with Crippen molar-refractivity contribution in [1.82, 2.24) is 14.9 Å². The molecular weight excluding hydrogens is 433 g/mol. The van der Waals surface area contributed by atoms with Crippen molar-refractivity contribution >= 4 is 17.5 Å². The van der Waals surface area contributed by atoms with Gasteiger partial charge in [0, 0.05) is 50.9 Å². The SMILES string of the molecule is Cc1nc(N2CCCC2)cc(N2CCN(C(=O)c3cccc(Oc4ccc(F)cc4)c3)CC2)n1. The Kier molecular flexibility index (Phi) is 6.29. The number of carbonyl (C=O) groups excluding carboxylic acids is 1. The van der Waals surface area contributed by atoms with E-state index < -0.39 is 0 Å². The maximum Gasteiger partial charge on any atom is 0.254 e. The van der Waals surface area contributed by atoms with Crippen molar-refractivity contribution in [2.75, 3.05) is 49.1 Å². The summed E-state index contributed by atoms with van der Waals surface area (Å²) in [5, 5.41) is 0. The van der Waals surface area contributed by atoms with Crippen molar-refractivity contribution in [1.29, 1.82) is 0 Å². The molecule has 0 saturated carbocycles. The lowest BCUT2D eigenvalue weighted by molar-refractivity contribution is 0.0746. The number of rotatable bonds is 5. The van der Waals surface area contributed by atoms with Crippen molar-refractivity contribution in [3.05, 3.63) is 71.8 Å². The predicted octanol–water partition coefficient (Wildman–Crippen LogP) is 4.28. The summed E-state index contributed by atoms with van der Waals surface area (Å²) in [6.45, 7) is 6.68. The zero-order valence-corrected chi connectivity index (χ0v) is 19.3. The van der Waals surface area contributed by atoms with E-state index in [2.05, 4.69) is 25.8 Å². The summed E-state index contributed by atoms with van der Waals surface area (Å²) in [6, 6.07) is 15.0. The van der Waals surface area contributed by atoms with E-state index in [4.69, 9.17) is 4.74 Å². The number of anilines is 2. The number of hydrogen-bond acceptors (Lipinski definition) is 6. The second kappa shape index (κ2) is 9.67. The minimum absolute atomic E-state index is 0.0270. The van der Waals surface area contributed by atoms with E-state index in [1.165, 1.54) is 25.0 Å². The molecule has 1 amide bonds. The fraction of sp³-hybridized carbons (Fsp3) is 0.346. The quantitative estimate of drug-likeness (QED) is 0.565.